The molecule has 0 aromatic carbocycles. The van der Waals surface area contributed by atoms with Gasteiger partial charge < -0.3 is 19.5 Å². The van der Waals surface area contributed by atoms with Gasteiger partial charge in [-0.15, -0.1) is 0 Å². The third-order valence-electron chi connectivity index (χ3n) is 2.32. The van der Waals surface area contributed by atoms with Crippen molar-refractivity contribution in [1.29, 1.82) is 0 Å². The number of carbonyl (C=O) groups excluding carboxylic acids is 1. The van der Waals surface area contributed by atoms with Crippen molar-refractivity contribution >= 4 is 12.2 Å². The van der Waals surface area contributed by atoms with Gasteiger partial charge in [0.05, 0.1) is 19.0 Å². The van der Waals surface area contributed by atoms with E-state index in [0.717, 1.165) is 0 Å². The average molecular weight is 253 g/mol. The van der Waals surface area contributed by atoms with Crippen LogP contribution in [0.15, 0.2) is 12.4 Å². The molecule has 1 N–H and O–H groups in total. The fraction of sp³-hybridized carbons (Fsp3) is 0.545. The fourth-order valence-electron chi connectivity index (χ4n) is 1.55. The fourth-order valence-corrected chi connectivity index (χ4v) is 1.55. The summed E-state index contributed by atoms with van der Waals surface area (Å²) in [6.45, 7) is 4.54. The van der Waals surface area contributed by atoms with Crippen molar-refractivity contribution in [2.75, 3.05) is 18.5 Å². The minimum atomic E-state index is -0.558. The van der Waals surface area contributed by atoms with Crippen molar-refractivity contribution in [3.05, 3.63) is 12.4 Å². The third-order valence-corrected chi connectivity index (χ3v) is 2.32. The standard InChI is InChI=1S/C11H15N3O4/c1-11(2)17-6-8(18-11)5-16-10-4-12-9(3-13-10)14-7-15/h3-4,7-8H,5-6H2,1-2H3,(H,12,14,15). The Balaban J connectivity index is 1.81. The van der Waals surface area contributed by atoms with E-state index < -0.39 is 5.79 Å². The van der Waals surface area contributed by atoms with Gasteiger partial charge in [0.25, 0.3) is 0 Å². The quantitative estimate of drug-likeness (QED) is 0.773. The van der Waals surface area contributed by atoms with Gasteiger partial charge in [-0.3, -0.25) is 4.79 Å². The van der Waals surface area contributed by atoms with E-state index in [2.05, 4.69) is 15.3 Å². The van der Waals surface area contributed by atoms with Crippen LogP contribution in [0.5, 0.6) is 5.88 Å². The molecule has 98 valence electrons. The van der Waals surface area contributed by atoms with E-state index in [-0.39, 0.29) is 6.10 Å². The Labute approximate surface area is 104 Å². The zero-order chi connectivity index (χ0) is 13.0. The molecule has 1 fully saturated rings. The Kier molecular flexibility index (Phi) is 3.73. The lowest BCUT2D eigenvalue weighted by atomic mass is 10.4. The predicted molar refractivity (Wildman–Crippen MR) is 62.1 cm³/mol. The summed E-state index contributed by atoms with van der Waals surface area (Å²) in [5.74, 6) is 0.191. The number of nitrogens with one attached hydrogen (secondary N) is 1. The Hall–Kier alpha value is -1.73. The van der Waals surface area contributed by atoms with Gasteiger partial charge in [0.2, 0.25) is 12.3 Å². The van der Waals surface area contributed by atoms with E-state index >= 15 is 0 Å². The van der Waals surface area contributed by atoms with Crippen LogP contribution < -0.4 is 10.1 Å². The summed E-state index contributed by atoms with van der Waals surface area (Å²) in [6, 6.07) is 0. The molecule has 1 aromatic heterocycles. The molecular weight excluding hydrogens is 238 g/mol. The van der Waals surface area contributed by atoms with Crippen molar-refractivity contribution in [1.82, 2.24) is 9.97 Å². The van der Waals surface area contributed by atoms with Crippen molar-refractivity contribution < 1.29 is 19.0 Å². The lowest BCUT2D eigenvalue weighted by molar-refractivity contribution is -0.141. The molecule has 1 aliphatic heterocycles. The first-order valence-corrected chi connectivity index (χ1v) is 5.56. The summed E-state index contributed by atoms with van der Waals surface area (Å²) < 4.78 is 16.4. The molecule has 1 amide bonds. The second kappa shape index (κ2) is 5.28. The number of hydrogen-bond acceptors (Lipinski definition) is 6. The van der Waals surface area contributed by atoms with Crippen molar-refractivity contribution in [2.45, 2.75) is 25.7 Å². The number of hydrogen-bond donors (Lipinski definition) is 1. The topological polar surface area (TPSA) is 82.6 Å². The molecule has 2 rings (SSSR count). The molecule has 1 unspecified atom stereocenters. The minimum absolute atomic E-state index is 0.116. The highest BCUT2D eigenvalue weighted by atomic mass is 16.7. The monoisotopic (exact) mass is 253 g/mol. The predicted octanol–water partition coefficient (Wildman–Crippen LogP) is 0.575. The SMILES string of the molecule is CC1(C)OCC(COc2cnc(NC=O)cn2)O1. The van der Waals surface area contributed by atoms with Crippen LogP contribution in [0.3, 0.4) is 0 Å². The molecule has 0 bridgehead atoms. The second-order valence-electron chi connectivity index (χ2n) is 4.26. The van der Waals surface area contributed by atoms with Gasteiger partial charge in [0, 0.05) is 0 Å². The van der Waals surface area contributed by atoms with Gasteiger partial charge in [-0.25, -0.2) is 9.97 Å². The smallest absolute Gasteiger partial charge is 0.232 e. The highest BCUT2D eigenvalue weighted by Gasteiger charge is 2.32. The first-order valence-electron chi connectivity index (χ1n) is 5.56. The van der Waals surface area contributed by atoms with Gasteiger partial charge >= 0.3 is 0 Å². The summed E-state index contributed by atoms with van der Waals surface area (Å²) in [4.78, 5) is 18.1. The van der Waals surface area contributed by atoms with Gasteiger partial charge in [-0.2, -0.15) is 0 Å². The van der Waals surface area contributed by atoms with E-state index in [1.807, 2.05) is 13.8 Å². The average Bonchev–Trinajstić information content (AvgIpc) is 2.69. The molecular formula is C11H15N3O4. The molecule has 7 nitrogen and oxygen atoms in total. The van der Waals surface area contributed by atoms with Crippen LogP contribution in [0, 0.1) is 0 Å². The highest BCUT2D eigenvalue weighted by Crippen LogP contribution is 2.22. The number of nitrogens with zero attached hydrogens (tertiary/aromatic N) is 2. The van der Waals surface area contributed by atoms with E-state index in [1.54, 1.807) is 0 Å². The molecule has 1 aliphatic rings. The third kappa shape index (κ3) is 3.38. The van der Waals surface area contributed by atoms with Crippen LogP contribution in [0.25, 0.3) is 0 Å². The largest absolute Gasteiger partial charge is 0.474 e. The van der Waals surface area contributed by atoms with Crippen LogP contribution in [0.2, 0.25) is 0 Å². The summed E-state index contributed by atoms with van der Waals surface area (Å²) in [5.41, 5.74) is 0. The Bertz CT molecular complexity index is 407. The highest BCUT2D eigenvalue weighted by molar-refractivity contribution is 5.67. The van der Waals surface area contributed by atoms with Crippen LogP contribution in [-0.2, 0) is 14.3 Å². The maximum Gasteiger partial charge on any atom is 0.232 e. The number of anilines is 1. The first-order chi connectivity index (χ1) is 8.59. The van der Waals surface area contributed by atoms with Crippen LogP contribution in [0.4, 0.5) is 5.82 Å². The Morgan fingerprint density at radius 3 is 2.94 bits per heavy atom. The van der Waals surface area contributed by atoms with Crippen molar-refractivity contribution in [3.63, 3.8) is 0 Å². The number of aromatic nitrogens is 2. The molecule has 0 aliphatic carbocycles. The lowest BCUT2D eigenvalue weighted by Crippen LogP contribution is -2.25. The van der Waals surface area contributed by atoms with E-state index in [0.29, 0.717) is 31.3 Å². The molecule has 1 saturated heterocycles. The molecule has 1 aromatic rings. The molecule has 1 atom stereocenters. The molecule has 2 heterocycles. The Morgan fingerprint density at radius 1 is 1.56 bits per heavy atom. The molecule has 7 heteroatoms. The zero-order valence-corrected chi connectivity index (χ0v) is 10.3. The van der Waals surface area contributed by atoms with Crippen LogP contribution in [0.1, 0.15) is 13.8 Å². The van der Waals surface area contributed by atoms with E-state index in [9.17, 15) is 4.79 Å². The van der Waals surface area contributed by atoms with Gasteiger partial charge in [-0.1, -0.05) is 0 Å². The number of carbonyl (C=O) groups is 1. The number of rotatable bonds is 5. The number of ether oxygens (including phenoxy) is 3. The molecule has 18 heavy (non-hydrogen) atoms. The normalized spacial score (nSPS) is 21.6. The van der Waals surface area contributed by atoms with Gasteiger partial charge in [0.1, 0.15) is 12.7 Å². The van der Waals surface area contributed by atoms with Gasteiger partial charge in [0.15, 0.2) is 11.6 Å². The maximum atomic E-state index is 10.2. The van der Waals surface area contributed by atoms with Crippen LogP contribution >= 0.6 is 0 Å². The first kappa shape index (κ1) is 12.7. The molecule has 0 spiro atoms. The summed E-state index contributed by atoms with van der Waals surface area (Å²) in [6.07, 6.45) is 3.28. The van der Waals surface area contributed by atoms with Crippen molar-refractivity contribution in [2.24, 2.45) is 0 Å². The lowest BCUT2D eigenvalue weighted by Gasteiger charge is -2.17. The zero-order valence-electron chi connectivity index (χ0n) is 10.3. The minimum Gasteiger partial charge on any atom is -0.474 e. The summed E-state index contributed by atoms with van der Waals surface area (Å²) >= 11 is 0. The van der Waals surface area contributed by atoms with E-state index in [4.69, 9.17) is 14.2 Å². The van der Waals surface area contributed by atoms with Gasteiger partial charge in [-0.05, 0) is 13.8 Å². The van der Waals surface area contributed by atoms with Crippen LogP contribution in [-0.4, -0.2) is 41.5 Å². The molecule has 0 radical (unpaired) electrons. The van der Waals surface area contributed by atoms with Crippen molar-refractivity contribution in [3.8, 4) is 5.88 Å². The molecule has 0 saturated carbocycles. The second-order valence-corrected chi connectivity index (χ2v) is 4.26. The summed E-state index contributed by atoms with van der Waals surface area (Å²) in [5, 5.41) is 2.39. The van der Waals surface area contributed by atoms with E-state index in [1.165, 1.54) is 12.4 Å². The maximum absolute atomic E-state index is 10.2. The number of amides is 1. The summed E-state index contributed by atoms with van der Waals surface area (Å²) in [7, 11) is 0. The Morgan fingerprint density at radius 2 is 2.39 bits per heavy atom.